The van der Waals surface area contributed by atoms with Crippen molar-refractivity contribution in [3.8, 4) is 6.07 Å². The second-order valence-corrected chi connectivity index (χ2v) is 6.28. The summed E-state index contributed by atoms with van der Waals surface area (Å²) < 4.78 is 4.92. The lowest BCUT2D eigenvalue weighted by Crippen LogP contribution is -2.25. The van der Waals surface area contributed by atoms with E-state index in [4.69, 9.17) is 4.74 Å². The summed E-state index contributed by atoms with van der Waals surface area (Å²) in [4.78, 5) is 23.9. The van der Waals surface area contributed by atoms with Crippen LogP contribution >= 0.6 is 0 Å². The van der Waals surface area contributed by atoms with Gasteiger partial charge in [0.15, 0.2) is 0 Å². The second-order valence-electron chi connectivity index (χ2n) is 6.28. The summed E-state index contributed by atoms with van der Waals surface area (Å²) in [6, 6.07) is 8.62. The molecule has 0 aliphatic heterocycles. The highest BCUT2D eigenvalue weighted by Gasteiger charge is 2.14. The first-order valence-electron chi connectivity index (χ1n) is 9.09. The van der Waals surface area contributed by atoms with Crippen LogP contribution in [-0.4, -0.2) is 24.5 Å². The van der Waals surface area contributed by atoms with Crippen molar-refractivity contribution in [2.45, 2.75) is 51.5 Å². The zero-order valence-electron chi connectivity index (χ0n) is 15.1. The van der Waals surface area contributed by atoms with Crippen LogP contribution in [0, 0.1) is 11.3 Å². The van der Waals surface area contributed by atoms with Crippen LogP contribution in [0.4, 0.5) is 5.69 Å². The maximum absolute atomic E-state index is 12.3. The molecule has 0 radical (unpaired) electrons. The molecule has 0 spiro atoms. The van der Waals surface area contributed by atoms with Crippen LogP contribution in [0.5, 0.6) is 0 Å². The average molecular weight is 355 g/mol. The average Bonchev–Trinajstić information content (AvgIpc) is 2.92. The van der Waals surface area contributed by atoms with Crippen molar-refractivity contribution in [3.05, 3.63) is 41.6 Å². The van der Waals surface area contributed by atoms with Crippen molar-refractivity contribution in [1.29, 1.82) is 5.26 Å². The first-order chi connectivity index (χ1) is 12.6. The largest absolute Gasteiger partial charge is 0.462 e. The number of anilines is 1. The molecule has 1 aromatic carbocycles. The highest BCUT2D eigenvalue weighted by atomic mass is 16.5. The van der Waals surface area contributed by atoms with E-state index in [1.165, 1.54) is 31.9 Å². The summed E-state index contributed by atoms with van der Waals surface area (Å²) in [7, 11) is 0. The maximum atomic E-state index is 12.3. The molecule has 0 saturated heterocycles. The topological polar surface area (TPSA) is 91.2 Å². The first-order valence-corrected chi connectivity index (χ1v) is 9.09. The highest BCUT2D eigenvalue weighted by Crippen LogP contribution is 2.17. The molecule has 0 unspecified atom stereocenters. The molecular weight excluding hydrogens is 330 g/mol. The molecule has 1 aliphatic carbocycles. The number of esters is 1. The van der Waals surface area contributed by atoms with Crippen molar-refractivity contribution in [3.63, 3.8) is 0 Å². The van der Waals surface area contributed by atoms with Crippen LogP contribution in [0.3, 0.4) is 0 Å². The summed E-state index contributed by atoms with van der Waals surface area (Å²) in [5.74, 6) is -0.881. The zero-order chi connectivity index (χ0) is 18.8. The normalized spacial score (nSPS) is 15.5. The Morgan fingerprint density at radius 1 is 1.19 bits per heavy atom. The van der Waals surface area contributed by atoms with Crippen molar-refractivity contribution in [1.82, 2.24) is 5.32 Å². The van der Waals surface area contributed by atoms with Gasteiger partial charge in [0.05, 0.1) is 12.2 Å². The lowest BCUT2D eigenvalue weighted by Gasteiger charge is -2.14. The quantitative estimate of drug-likeness (QED) is 0.353. The zero-order valence-corrected chi connectivity index (χ0v) is 15.1. The Morgan fingerprint density at radius 3 is 2.42 bits per heavy atom. The Balaban J connectivity index is 1.94. The summed E-state index contributed by atoms with van der Waals surface area (Å²) in [6.07, 6.45) is 8.47. The number of hydrogen-bond acceptors (Lipinski definition) is 5. The Morgan fingerprint density at radius 2 is 1.85 bits per heavy atom. The number of amides is 1. The van der Waals surface area contributed by atoms with E-state index in [0.717, 1.165) is 12.8 Å². The molecule has 2 rings (SSSR count). The fraction of sp³-hybridized carbons (Fsp3) is 0.450. The molecule has 2 N–H and O–H groups in total. The minimum atomic E-state index is -0.475. The molecule has 138 valence electrons. The Hall–Kier alpha value is -2.81. The molecule has 1 saturated carbocycles. The van der Waals surface area contributed by atoms with Gasteiger partial charge in [-0.25, -0.2) is 4.79 Å². The molecule has 1 aliphatic rings. The molecule has 0 bridgehead atoms. The predicted molar refractivity (Wildman–Crippen MR) is 99.3 cm³/mol. The van der Waals surface area contributed by atoms with E-state index < -0.39 is 11.9 Å². The first kappa shape index (κ1) is 19.5. The Kier molecular flexibility index (Phi) is 7.69. The molecule has 0 atom stereocenters. The van der Waals surface area contributed by atoms with Crippen LogP contribution in [-0.2, 0) is 9.53 Å². The number of hydrogen-bond donors (Lipinski definition) is 2. The number of nitriles is 1. The molecule has 0 heterocycles. The van der Waals surface area contributed by atoms with Crippen molar-refractivity contribution in [2.75, 3.05) is 11.9 Å². The van der Waals surface area contributed by atoms with Crippen LogP contribution < -0.4 is 10.6 Å². The summed E-state index contributed by atoms with van der Waals surface area (Å²) in [6.45, 7) is 2.05. The summed E-state index contributed by atoms with van der Waals surface area (Å²) >= 11 is 0. The number of benzene rings is 1. The fourth-order valence-electron chi connectivity index (χ4n) is 2.90. The van der Waals surface area contributed by atoms with Gasteiger partial charge in [-0.15, -0.1) is 0 Å². The van der Waals surface area contributed by atoms with E-state index in [9.17, 15) is 14.9 Å². The van der Waals surface area contributed by atoms with E-state index >= 15 is 0 Å². The van der Waals surface area contributed by atoms with E-state index in [1.807, 2.05) is 6.07 Å². The van der Waals surface area contributed by atoms with Gasteiger partial charge in [0.25, 0.3) is 5.91 Å². The van der Waals surface area contributed by atoms with E-state index in [2.05, 4.69) is 10.6 Å². The van der Waals surface area contributed by atoms with Gasteiger partial charge in [-0.05, 0) is 44.0 Å². The molecule has 6 heteroatoms. The van der Waals surface area contributed by atoms with Crippen LogP contribution in [0.15, 0.2) is 36.0 Å². The van der Waals surface area contributed by atoms with Gasteiger partial charge in [-0.1, -0.05) is 25.7 Å². The van der Waals surface area contributed by atoms with Crippen LogP contribution in [0.25, 0.3) is 0 Å². The second kappa shape index (κ2) is 10.2. The van der Waals surface area contributed by atoms with Crippen molar-refractivity contribution >= 4 is 17.6 Å². The minimum absolute atomic E-state index is 0.0312. The third-order valence-electron chi connectivity index (χ3n) is 4.34. The van der Waals surface area contributed by atoms with Gasteiger partial charge in [0.1, 0.15) is 11.6 Å². The summed E-state index contributed by atoms with van der Waals surface area (Å²) in [5.41, 5.74) is 0.957. The number of nitrogens with zero attached hydrogens (tertiary/aromatic N) is 1. The number of carbonyl (C=O) groups excluding carboxylic acids is 2. The third-order valence-corrected chi connectivity index (χ3v) is 4.34. The van der Waals surface area contributed by atoms with E-state index in [-0.39, 0.29) is 5.57 Å². The fourth-order valence-corrected chi connectivity index (χ4v) is 2.90. The van der Waals surface area contributed by atoms with Gasteiger partial charge in [-0.3, -0.25) is 4.79 Å². The third kappa shape index (κ3) is 5.92. The molecule has 6 nitrogen and oxygen atoms in total. The van der Waals surface area contributed by atoms with Gasteiger partial charge in [0, 0.05) is 17.9 Å². The number of rotatable bonds is 6. The van der Waals surface area contributed by atoms with Crippen LogP contribution in [0.2, 0.25) is 0 Å². The van der Waals surface area contributed by atoms with E-state index in [1.54, 1.807) is 31.2 Å². The van der Waals surface area contributed by atoms with Gasteiger partial charge in [-0.2, -0.15) is 5.26 Å². The van der Waals surface area contributed by atoms with Crippen molar-refractivity contribution < 1.29 is 14.3 Å². The van der Waals surface area contributed by atoms with E-state index in [0.29, 0.717) is 23.9 Å². The number of carbonyl (C=O) groups is 2. The van der Waals surface area contributed by atoms with Gasteiger partial charge in [0.2, 0.25) is 0 Å². The smallest absolute Gasteiger partial charge is 0.338 e. The minimum Gasteiger partial charge on any atom is -0.462 e. The Labute approximate surface area is 154 Å². The molecule has 26 heavy (non-hydrogen) atoms. The molecular formula is C20H25N3O3. The van der Waals surface area contributed by atoms with Gasteiger partial charge < -0.3 is 15.4 Å². The summed E-state index contributed by atoms with van der Waals surface area (Å²) in [5, 5.41) is 15.1. The lowest BCUT2D eigenvalue weighted by atomic mass is 10.1. The molecule has 1 fully saturated rings. The molecule has 1 aromatic rings. The molecule has 0 aromatic heterocycles. The SMILES string of the molecule is CCOC(=O)c1ccc(NC(=O)/C(C#N)=C\NC2CCCCCC2)cc1. The van der Waals surface area contributed by atoms with Gasteiger partial charge >= 0.3 is 5.97 Å². The standard InChI is InChI=1S/C20H25N3O3/c1-2-26-20(25)15-9-11-18(12-10-15)23-19(24)16(13-21)14-22-17-7-5-3-4-6-8-17/h9-12,14,17,22H,2-8H2,1H3,(H,23,24)/b16-14-. The maximum Gasteiger partial charge on any atom is 0.338 e. The lowest BCUT2D eigenvalue weighted by molar-refractivity contribution is -0.112. The number of nitrogens with one attached hydrogen (secondary N) is 2. The monoisotopic (exact) mass is 355 g/mol. The van der Waals surface area contributed by atoms with Crippen LogP contribution in [0.1, 0.15) is 55.8 Å². The van der Waals surface area contributed by atoms with Crippen molar-refractivity contribution in [2.24, 2.45) is 0 Å². The number of ether oxygens (including phenoxy) is 1. The Bertz CT molecular complexity index is 681. The molecule has 1 amide bonds. The highest BCUT2D eigenvalue weighted by molar-refractivity contribution is 6.06. The predicted octanol–water partition coefficient (Wildman–Crippen LogP) is 3.52.